The highest BCUT2D eigenvalue weighted by Crippen LogP contribution is 2.35. The van der Waals surface area contributed by atoms with Gasteiger partial charge in [-0.3, -0.25) is 0 Å². The molecule has 3 aliphatic rings. The summed E-state index contributed by atoms with van der Waals surface area (Å²) in [5.74, 6) is -2.65. The molecule has 0 amide bonds. The molecule has 306 valence electrons. The molecule has 0 spiro atoms. The van der Waals surface area contributed by atoms with E-state index in [1.165, 1.54) is 43.3 Å². The minimum absolute atomic E-state index is 0.133. The molecule has 0 unspecified atom stereocenters. The Morgan fingerprint density at radius 1 is 0.655 bits per heavy atom. The van der Waals surface area contributed by atoms with E-state index in [1.54, 1.807) is 0 Å². The molecule has 20 heteroatoms. The summed E-state index contributed by atoms with van der Waals surface area (Å²) in [6, 6.07) is 7.79. The van der Waals surface area contributed by atoms with Crippen molar-refractivity contribution in [1.29, 1.82) is 0 Å². The Hall–Kier alpha value is -3.71. The molecule has 55 heavy (non-hydrogen) atoms. The lowest BCUT2D eigenvalue weighted by atomic mass is 9.96. The molecule has 0 aromatic heterocycles. The maximum absolute atomic E-state index is 13.1. The molecule has 15 atom stereocenters. The lowest BCUT2D eigenvalue weighted by molar-refractivity contribution is -0.386. The van der Waals surface area contributed by atoms with Gasteiger partial charge in [0.1, 0.15) is 61.0 Å². The number of ether oxygens (including phenoxy) is 7. The zero-order valence-electron chi connectivity index (χ0n) is 29.2. The van der Waals surface area contributed by atoms with E-state index >= 15 is 0 Å². The number of carbonyl (C=O) groups is 1. The standard InChI is InChI=1S/C35H46O20/c1-14-24(43)27(46)32(55-34-28(47)26(45)25(44)21(12-36)51-34)35(50-14)54-31-29(48)33(49-9-8-16-3-6-18(39)20(41)11-16)52-22(13-37)30(31)53-23(42)7-4-15-2-5-17(38)19(40)10-15/h2-7,10-11,14,21-22,24-41,43-48H,8-9,12-13H2,1H3/b7-4+/t14-,21+,22+,24-,25-,26-,27+,28+,29+,30+,31+,32+,33+,34-,35-/m0/s1. The number of aliphatic hydroxyl groups excluding tert-OH is 8. The number of benzene rings is 2. The fraction of sp³-hybridized carbons (Fsp3) is 0.571. The summed E-state index contributed by atoms with van der Waals surface area (Å²) in [6.45, 7) is -0.439. The second-order valence-electron chi connectivity index (χ2n) is 13.2. The van der Waals surface area contributed by atoms with Crippen LogP contribution in [0.2, 0.25) is 0 Å². The number of aromatic hydroxyl groups is 4. The van der Waals surface area contributed by atoms with Gasteiger partial charge in [0.15, 0.2) is 48.0 Å². The zero-order valence-corrected chi connectivity index (χ0v) is 29.2. The van der Waals surface area contributed by atoms with E-state index in [0.717, 1.165) is 12.1 Å². The average molecular weight is 787 g/mol. The molecule has 20 nitrogen and oxygen atoms in total. The minimum atomic E-state index is -1.95. The topological polar surface area (TPSA) is 324 Å². The summed E-state index contributed by atoms with van der Waals surface area (Å²) in [6.07, 6.45) is -23.1. The van der Waals surface area contributed by atoms with Crippen LogP contribution in [0.3, 0.4) is 0 Å². The van der Waals surface area contributed by atoms with Crippen LogP contribution < -0.4 is 0 Å². The fourth-order valence-electron chi connectivity index (χ4n) is 6.22. The maximum atomic E-state index is 13.1. The predicted molar refractivity (Wildman–Crippen MR) is 180 cm³/mol. The van der Waals surface area contributed by atoms with Gasteiger partial charge in [0, 0.05) is 6.08 Å². The number of rotatable bonds is 13. The second kappa shape index (κ2) is 18.5. The monoisotopic (exact) mass is 786 g/mol. The van der Waals surface area contributed by atoms with Crippen molar-refractivity contribution in [3.63, 3.8) is 0 Å². The van der Waals surface area contributed by atoms with Crippen molar-refractivity contribution >= 4 is 12.0 Å². The second-order valence-corrected chi connectivity index (χ2v) is 13.2. The Kier molecular flexibility index (Phi) is 14.3. The van der Waals surface area contributed by atoms with E-state index < -0.39 is 123 Å². The number of hydrogen-bond acceptors (Lipinski definition) is 20. The van der Waals surface area contributed by atoms with Crippen LogP contribution in [0.1, 0.15) is 18.1 Å². The third kappa shape index (κ3) is 9.82. The Morgan fingerprint density at radius 2 is 1.29 bits per heavy atom. The first-order chi connectivity index (χ1) is 26.1. The molecular formula is C35H46O20. The van der Waals surface area contributed by atoms with Crippen LogP contribution >= 0.6 is 0 Å². The summed E-state index contributed by atoms with van der Waals surface area (Å²) < 4.78 is 40.2. The van der Waals surface area contributed by atoms with Gasteiger partial charge in [-0.2, -0.15) is 0 Å². The van der Waals surface area contributed by atoms with Crippen LogP contribution in [0.15, 0.2) is 42.5 Å². The number of carbonyl (C=O) groups excluding carboxylic acids is 1. The number of hydrogen-bond donors (Lipinski definition) is 12. The first kappa shape index (κ1) is 42.4. The van der Waals surface area contributed by atoms with Crippen LogP contribution in [-0.2, 0) is 44.4 Å². The number of phenolic OH excluding ortho intramolecular Hbond substituents is 4. The average Bonchev–Trinajstić information content (AvgIpc) is 3.16. The van der Waals surface area contributed by atoms with Gasteiger partial charge in [-0.1, -0.05) is 12.1 Å². The van der Waals surface area contributed by atoms with Crippen molar-refractivity contribution in [1.82, 2.24) is 0 Å². The zero-order chi connectivity index (χ0) is 40.1. The summed E-state index contributed by atoms with van der Waals surface area (Å²) in [7, 11) is 0. The quantitative estimate of drug-likeness (QED) is 0.0541. The van der Waals surface area contributed by atoms with Crippen molar-refractivity contribution in [3.05, 3.63) is 53.6 Å². The van der Waals surface area contributed by atoms with Gasteiger partial charge in [-0.25, -0.2) is 4.79 Å². The lowest BCUT2D eigenvalue weighted by Crippen LogP contribution is -2.66. The molecule has 0 radical (unpaired) electrons. The maximum Gasteiger partial charge on any atom is 0.331 e. The molecule has 3 heterocycles. The first-order valence-electron chi connectivity index (χ1n) is 17.2. The van der Waals surface area contributed by atoms with Gasteiger partial charge in [-0.15, -0.1) is 0 Å². The van der Waals surface area contributed by atoms with E-state index in [9.17, 15) is 66.1 Å². The number of aliphatic hydroxyl groups is 8. The lowest BCUT2D eigenvalue weighted by Gasteiger charge is -2.48. The van der Waals surface area contributed by atoms with Gasteiger partial charge < -0.3 is 94.4 Å². The van der Waals surface area contributed by atoms with Crippen molar-refractivity contribution in [3.8, 4) is 23.0 Å². The molecule has 3 fully saturated rings. The van der Waals surface area contributed by atoms with Gasteiger partial charge in [0.05, 0.1) is 25.9 Å². The Morgan fingerprint density at radius 3 is 1.95 bits per heavy atom. The third-order valence-electron chi connectivity index (χ3n) is 9.39. The SMILES string of the molecule is C[C@@H]1O[C@@H](O[C@@H]2[C@@H](O)[C@H](OCCc3ccc(O)c(O)c3)O[C@H](CO)[C@H]2OC(=O)/C=C/c2ccc(O)c(O)c2)[C@H](O[C@@H]2O[C@H](CO)[C@H](O)[C@H](O)[C@H]2O)[C@H](O)[C@H]1O. The minimum Gasteiger partial charge on any atom is -0.504 e. The van der Waals surface area contributed by atoms with E-state index in [0.29, 0.717) is 5.56 Å². The highest BCUT2D eigenvalue weighted by Gasteiger charge is 2.54. The molecule has 3 aliphatic heterocycles. The Bertz CT molecular complexity index is 1610. The smallest absolute Gasteiger partial charge is 0.331 e. The van der Waals surface area contributed by atoms with Crippen LogP contribution in [0.5, 0.6) is 23.0 Å². The molecule has 12 N–H and O–H groups in total. The fourth-order valence-corrected chi connectivity index (χ4v) is 6.22. The summed E-state index contributed by atoms with van der Waals surface area (Å²) in [5.41, 5.74) is 0.803. The molecule has 2 aromatic carbocycles. The third-order valence-corrected chi connectivity index (χ3v) is 9.39. The molecule has 0 saturated carbocycles. The molecule has 0 bridgehead atoms. The molecule has 5 rings (SSSR count). The van der Waals surface area contributed by atoms with Gasteiger partial charge >= 0.3 is 5.97 Å². The summed E-state index contributed by atoms with van der Waals surface area (Å²) >= 11 is 0. The Labute approximate surface area is 313 Å². The first-order valence-corrected chi connectivity index (χ1v) is 17.2. The number of esters is 1. The molecule has 3 saturated heterocycles. The predicted octanol–water partition coefficient (Wildman–Crippen LogP) is -3.19. The van der Waals surface area contributed by atoms with Gasteiger partial charge in [0.25, 0.3) is 0 Å². The van der Waals surface area contributed by atoms with E-state index in [4.69, 9.17) is 33.2 Å². The molecular weight excluding hydrogens is 740 g/mol. The summed E-state index contributed by atoms with van der Waals surface area (Å²) in [5, 5.41) is 123. The molecule has 0 aliphatic carbocycles. The van der Waals surface area contributed by atoms with Gasteiger partial charge in [-0.05, 0) is 54.8 Å². The van der Waals surface area contributed by atoms with Crippen LogP contribution in [0, 0.1) is 0 Å². The van der Waals surface area contributed by atoms with E-state index in [2.05, 4.69) is 0 Å². The van der Waals surface area contributed by atoms with Crippen LogP contribution in [-0.4, -0.2) is 179 Å². The normalized spacial score (nSPS) is 36.9. The van der Waals surface area contributed by atoms with Gasteiger partial charge in [0.2, 0.25) is 0 Å². The number of phenols is 4. The van der Waals surface area contributed by atoms with Crippen molar-refractivity contribution < 1.29 is 99.2 Å². The largest absolute Gasteiger partial charge is 0.504 e. The van der Waals surface area contributed by atoms with E-state index in [1.807, 2.05) is 0 Å². The van der Waals surface area contributed by atoms with Crippen molar-refractivity contribution in [2.45, 2.75) is 105 Å². The highest BCUT2D eigenvalue weighted by atomic mass is 16.8. The van der Waals surface area contributed by atoms with E-state index in [-0.39, 0.29) is 30.1 Å². The van der Waals surface area contributed by atoms with Crippen molar-refractivity contribution in [2.24, 2.45) is 0 Å². The van der Waals surface area contributed by atoms with Crippen molar-refractivity contribution in [2.75, 3.05) is 19.8 Å². The summed E-state index contributed by atoms with van der Waals surface area (Å²) in [4.78, 5) is 13.1. The Balaban J connectivity index is 1.41. The van der Waals surface area contributed by atoms with Crippen LogP contribution in [0.4, 0.5) is 0 Å². The van der Waals surface area contributed by atoms with Crippen LogP contribution in [0.25, 0.3) is 6.08 Å². The molecule has 2 aromatic rings. The highest BCUT2D eigenvalue weighted by molar-refractivity contribution is 5.87.